The molecule has 0 fully saturated rings. The van der Waals surface area contributed by atoms with Gasteiger partial charge in [-0.15, -0.1) is 0 Å². The van der Waals surface area contributed by atoms with E-state index in [4.69, 9.17) is 10.2 Å². The fourth-order valence-corrected chi connectivity index (χ4v) is 1.64. The summed E-state index contributed by atoms with van der Waals surface area (Å²) in [6, 6.07) is 11.4. The first-order valence-corrected chi connectivity index (χ1v) is 5.20. The van der Waals surface area contributed by atoms with Crippen molar-refractivity contribution in [3.63, 3.8) is 0 Å². The zero-order chi connectivity index (χ0) is 11.5. The maximum atomic E-state index is 11.2. The van der Waals surface area contributed by atoms with Crippen molar-refractivity contribution in [1.82, 2.24) is 0 Å². The smallest absolute Gasteiger partial charge is 0.252 e. The van der Waals surface area contributed by atoms with E-state index in [0.29, 0.717) is 23.5 Å². The minimum atomic E-state index is -0.442. The summed E-state index contributed by atoms with van der Waals surface area (Å²) >= 11 is 0. The molecular weight excluding hydrogens is 202 g/mol. The number of rotatable bonds is 3. The molecule has 1 amide bonds. The van der Waals surface area contributed by atoms with E-state index >= 15 is 0 Å². The van der Waals surface area contributed by atoms with E-state index in [-0.39, 0.29) is 0 Å². The van der Waals surface area contributed by atoms with Crippen molar-refractivity contribution in [2.45, 2.75) is 13.3 Å². The van der Waals surface area contributed by atoms with Crippen LogP contribution in [0.15, 0.2) is 40.8 Å². The van der Waals surface area contributed by atoms with Crippen molar-refractivity contribution in [1.29, 1.82) is 0 Å². The van der Waals surface area contributed by atoms with Crippen molar-refractivity contribution >= 4 is 5.91 Å². The molecule has 0 aliphatic carbocycles. The Morgan fingerprint density at radius 2 is 2.00 bits per heavy atom. The fraction of sp³-hybridized carbons (Fsp3) is 0.154. The highest BCUT2D eigenvalue weighted by Gasteiger charge is 2.14. The van der Waals surface area contributed by atoms with Gasteiger partial charge in [0.1, 0.15) is 11.5 Å². The van der Waals surface area contributed by atoms with E-state index in [1.165, 1.54) is 0 Å². The van der Waals surface area contributed by atoms with E-state index in [1.807, 2.05) is 37.3 Å². The summed E-state index contributed by atoms with van der Waals surface area (Å²) in [5.74, 6) is 0.889. The highest BCUT2D eigenvalue weighted by atomic mass is 16.3. The van der Waals surface area contributed by atoms with Crippen LogP contribution in [0.2, 0.25) is 0 Å². The monoisotopic (exact) mass is 215 g/mol. The molecule has 1 heterocycles. The van der Waals surface area contributed by atoms with Gasteiger partial charge in [0.05, 0.1) is 5.56 Å². The Balaban J connectivity index is 2.48. The maximum Gasteiger partial charge on any atom is 0.252 e. The molecule has 1 aromatic heterocycles. The lowest BCUT2D eigenvalue weighted by molar-refractivity contribution is 0.0998. The first-order chi connectivity index (χ1) is 7.72. The van der Waals surface area contributed by atoms with Crippen LogP contribution in [0.1, 0.15) is 23.0 Å². The number of carbonyl (C=O) groups excluding carboxylic acids is 1. The van der Waals surface area contributed by atoms with Crippen molar-refractivity contribution in [2.75, 3.05) is 0 Å². The minimum Gasteiger partial charge on any atom is -0.460 e. The molecule has 0 bridgehead atoms. The SMILES string of the molecule is CCc1oc(-c2ccccc2)cc1C(N)=O. The van der Waals surface area contributed by atoms with Gasteiger partial charge in [-0.2, -0.15) is 0 Å². The molecular formula is C13H13NO2. The summed E-state index contributed by atoms with van der Waals surface area (Å²) in [5.41, 5.74) is 6.70. The van der Waals surface area contributed by atoms with E-state index in [9.17, 15) is 4.79 Å². The number of benzene rings is 1. The predicted molar refractivity (Wildman–Crippen MR) is 62.0 cm³/mol. The molecule has 0 spiro atoms. The molecule has 16 heavy (non-hydrogen) atoms. The van der Waals surface area contributed by atoms with Gasteiger partial charge in [-0.1, -0.05) is 37.3 Å². The number of carbonyl (C=O) groups is 1. The van der Waals surface area contributed by atoms with Gasteiger partial charge in [-0.05, 0) is 6.07 Å². The number of furan rings is 1. The van der Waals surface area contributed by atoms with E-state index in [1.54, 1.807) is 6.07 Å². The van der Waals surface area contributed by atoms with Crippen molar-refractivity contribution in [3.05, 3.63) is 47.7 Å². The largest absolute Gasteiger partial charge is 0.460 e. The average molecular weight is 215 g/mol. The summed E-state index contributed by atoms with van der Waals surface area (Å²) in [7, 11) is 0. The average Bonchev–Trinajstić information content (AvgIpc) is 2.74. The van der Waals surface area contributed by atoms with Crippen LogP contribution < -0.4 is 5.73 Å². The summed E-state index contributed by atoms with van der Waals surface area (Å²) < 4.78 is 5.61. The Kier molecular flexibility index (Phi) is 2.77. The van der Waals surface area contributed by atoms with Gasteiger partial charge in [0, 0.05) is 12.0 Å². The first kappa shape index (κ1) is 10.5. The normalized spacial score (nSPS) is 10.3. The van der Waals surface area contributed by atoms with Crippen molar-refractivity contribution < 1.29 is 9.21 Å². The Hall–Kier alpha value is -2.03. The number of primary amides is 1. The van der Waals surface area contributed by atoms with Crippen molar-refractivity contribution in [3.8, 4) is 11.3 Å². The molecule has 0 aliphatic heterocycles. The Labute approximate surface area is 93.9 Å². The lowest BCUT2D eigenvalue weighted by Gasteiger charge is -1.94. The number of hydrogen-bond acceptors (Lipinski definition) is 2. The van der Waals surface area contributed by atoms with Crippen LogP contribution in [0.5, 0.6) is 0 Å². The zero-order valence-corrected chi connectivity index (χ0v) is 9.07. The third-order valence-electron chi connectivity index (χ3n) is 2.45. The standard InChI is InChI=1S/C13H13NO2/c1-2-11-10(13(14)15)8-12(16-11)9-6-4-3-5-7-9/h3-8H,2H2,1H3,(H2,14,15). The lowest BCUT2D eigenvalue weighted by atomic mass is 10.1. The lowest BCUT2D eigenvalue weighted by Crippen LogP contribution is -2.11. The molecule has 0 radical (unpaired) electrons. The fourth-order valence-electron chi connectivity index (χ4n) is 1.64. The van der Waals surface area contributed by atoms with Gasteiger partial charge in [0.25, 0.3) is 5.91 Å². The molecule has 0 saturated heterocycles. The summed E-state index contributed by atoms with van der Waals surface area (Å²) in [6.45, 7) is 1.93. The van der Waals surface area contributed by atoms with E-state index in [0.717, 1.165) is 5.56 Å². The van der Waals surface area contributed by atoms with Gasteiger partial charge < -0.3 is 10.2 Å². The summed E-state index contributed by atoms with van der Waals surface area (Å²) in [5, 5.41) is 0. The maximum absolute atomic E-state index is 11.2. The van der Waals surface area contributed by atoms with Crippen LogP contribution in [0.3, 0.4) is 0 Å². The molecule has 0 saturated carbocycles. The van der Waals surface area contributed by atoms with Crippen LogP contribution in [-0.2, 0) is 6.42 Å². The number of amides is 1. The van der Waals surface area contributed by atoms with Crippen LogP contribution >= 0.6 is 0 Å². The Morgan fingerprint density at radius 1 is 1.31 bits per heavy atom. The molecule has 82 valence electrons. The molecule has 0 aliphatic rings. The summed E-state index contributed by atoms with van der Waals surface area (Å²) in [4.78, 5) is 11.2. The van der Waals surface area contributed by atoms with E-state index in [2.05, 4.69) is 0 Å². The number of aryl methyl sites for hydroxylation is 1. The second-order valence-corrected chi connectivity index (χ2v) is 3.53. The van der Waals surface area contributed by atoms with Crippen LogP contribution in [0.4, 0.5) is 0 Å². The molecule has 3 heteroatoms. The molecule has 2 rings (SSSR count). The molecule has 0 unspecified atom stereocenters. The number of hydrogen-bond donors (Lipinski definition) is 1. The van der Waals surface area contributed by atoms with Crippen LogP contribution in [-0.4, -0.2) is 5.91 Å². The Bertz CT molecular complexity index is 500. The number of nitrogens with two attached hydrogens (primary N) is 1. The van der Waals surface area contributed by atoms with Crippen LogP contribution in [0.25, 0.3) is 11.3 Å². The zero-order valence-electron chi connectivity index (χ0n) is 9.07. The third-order valence-corrected chi connectivity index (χ3v) is 2.45. The minimum absolute atomic E-state index is 0.442. The third kappa shape index (κ3) is 1.84. The van der Waals surface area contributed by atoms with Crippen molar-refractivity contribution in [2.24, 2.45) is 5.73 Å². The van der Waals surface area contributed by atoms with Gasteiger partial charge in [-0.25, -0.2) is 0 Å². The summed E-state index contributed by atoms with van der Waals surface area (Å²) in [6.07, 6.45) is 0.658. The van der Waals surface area contributed by atoms with Gasteiger partial charge in [-0.3, -0.25) is 4.79 Å². The quantitative estimate of drug-likeness (QED) is 0.855. The molecule has 1 aromatic carbocycles. The molecule has 2 N–H and O–H groups in total. The highest BCUT2D eigenvalue weighted by Crippen LogP contribution is 2.25. The first-order valence-electron chi connectivity index (χ1n) is 5.20. The molecule has 3 nitrogen and oxygen atoms in total. The Morgan fingerprint density at radius 3 is 2.50 bits per heavy atom. The topological polar surface area (TPSA) is 56.2 Å². The predicted octanol–water partition coefficient (Wildman–Crippen LogP) is 2.61. The molecule has 0 atom stereocenters. The second-order valence-electron chi connectivity index (χ2n) is 3.53. The second kappa shape index (κ2) is 4.23. The van der Waals surface area contributed by atoms with E-state index < -0.39 is 5.91 Å². The van der Waals surface area contributed by atoms with Gasteiger partial charge >= 0.3 is 0 Å². The highest BCUT2D eigenvalue weighted by molar-refractivity contribution is 5.95. The van der Waals surface area contributed by atoms with Gasteiger partial charge in [0.15, 0.2) is 0 Å². The molecule has 2 aromatic rings. The van der Waals surface area contributed by atoms with Crippen LogP contribution in [0, 0.1) is 0 Å². The van der Waals surface area contributed by atoms with Gasteiger partial charge in [0.2, 0.25) is 0 Å².